The quantitative estimate of drug-likeness (QED) is 0.364. The molecule has 1 amide bonds. The standard InChI is InChI=1S/C26H21F2N3O3/c1-17(32)20-8-10-23(11-9-20)29-25(33)24-15-31(14-18-4-2-6-21(27)12-18)30-26(24)34-16-19-5-3-7-22(28)13-19/h2-13,15H,14,16H2,1H3,(H,29,33). The van der Waals surface area contributed by atoms with Gasteiger partial charge in [0.15, 0.2) is 5.78 Å². The number of anilines is 1. The van der Waals surface area contributed by atoms with E-state index < -0.39 is 11.7 Å². The van der Waals surface area contributed by atoms with Crippen molar-refractivity contribution in [2.45, 2.75) is 20.1 Å². The first-order valence-electron chi connectivity index (χ1n) is 10.5. The number of carbonyl (C=O) groups is 2. The number of halogens is 2. The number of nitrogens with zero attached hydrogens (tertiary/aromatic N) is 2. The van der Waals surface area contributed by atoms with E-state index in [1.807, 2.05) is 0 Å². The smallest absolute Gasteiger partial charge is 0.262 e. The Morgan fingerprint density at radius 1 is 0.941 bits per heavy atom. The van der Waals surface area contributed by atoms with Gasteiger partial charge in [-0.1, -0.05) is 24.3 Å². The lowest BCUT2D eigenvalue weighted by Crippen LogP contribution is -2.13. The van der Waals surface area contributed by atoms with E-state index in [0.717, 1.165) is 0 Å². The molecule has 6 nitrogen and oxygen atoms in total. The molecule has 8 heteroatoms. The maximum Gasteiger partial charge on any atom is 0.262 e. The first-order chi connectivity index (χ1) is 16.4. The normalized spacial score (nSPS) is 10.7. The predicted molar refractivity (Wildman–Crippen MR) is 123 cm³/mol. The van der Waals surface area contributed by atoms with Gasteiger partial charge in [0.05, 0.1) is 6.54 Å². The van der Waals surface area contributed by atoms with Crippen LogP contribution in [0.1, 0.15) is 38.8 Å². The van der Waals surface area contributed by atoms with E-state index in [4.69, 9.17) is 4.74 Å². The van der Waals surface area contributed by atoms with Gasteiger partial charge in [-0.3, -0.25) is 14.3 Å². The van der Waals surface area contributed by atoms with Gasteiger partial charge in [0.2, 0.25) is 5.88 Å². The highest BCUT2D eigenvalue weighted by Gasteiger charge is 2.19. The fourth-order valence-corrected chi connectivity index (χ4v) is 3.33. The summed E-state index contributed by atoms with van der Waals surface area (Å²) in [5.41, 5.74) is 2.41. The molecule has 0 unspecified atom stereocenters. The molecule has 1 N–H and O–H groups in total. The van der Waals surface area contributed by atoms with E-state index in [0.29, 0.717) is 22.4 Å². The second-order valence-electron chi connectivity index (χ2n) is 7.68. The van der Waals surface area contributed by atoms with Gasteiger partial charge in [-0.25, -0.2) is 8.78 Å². The van der Waals surface area contributed by atoms with Gasteiger partial charge in [0.1, 0.15) is 23.8 Å². The molecule has 1 aromatic heterocycles. The molecule has 0 radical (unpaired) electrons. The first-order valence-corrected chi connectivity index (χ1v) is 10.5. The summed E-state index contributed by atoms with van der Waals surface area (Å²) in [5.74, 6) is -1.28. The number of hydrogen-bond acceptors (Lipinski definition) is 4. The fraction of sp³-hybridized carbons (Fsp3) is 0.115. The topological polar surface area (TPSA) is 73.2 Å². The van der Waals surface area contributed by atoms with Crippen LogP contribution in [0.4, 0.5) is 14.5 Å². The van der Waals surface area contributed by atoms with Crippen molar-refractivity contribution in [3.63, 3.8) is 0 Å². The number of aromatic nitrogens is 2. The number of rotatable bonds is 8. The minimum absolute atomic E-state index is 0.00231. The highest BCUT2D eigenvalue weighted by molar-refractivity contribution is 6.06. The van der Waals surface area contributed by atoms with Crippen LogP contribution in [0.15, 0.2) is 79.0 Å². The second kappa shape index (κ2) is 10.1. The zero-order valence-electron chi connectivity index (χ0n) is 18.3. The number of Topliss-reactive ketones (excluding diaryl/α,β-unsaturated/α-hetero) is 1. The second-order valence-corrected chi connectivity index (χ2v) is 7.68. The maximum atomic E-state index is 13.6. The van der Waals surface area contributed by atoms with Crippen molar-refractivity contribution < 1.29 is 23.1 Å². The monoisotopic (exact) mass is 461 g/mol. The molecular formula is C26H21F2N3O3. The van der Waals surface area contributed by atoms with E-state index in [1.54, 1.807) is 48.5 Å². The van der Waals surface area contributed by atoms with Crippen molar-refractivity contribution in [3.05, 3.63) is 113 Å². The molecule has 0 fully saturated rings. The number of hydrogen-bond donors (Lipinski definition) is 1. The first kappa shape index (κ1) is 22.8. The van der Waals surface area contributed by atoms with Gasteiger partial charge < -0.3 is 10.1 Å². The van der Waals surface area contributed by atoms with Crippen molar-refractivity contribution in [3.8, 4) is 5.88 Å². The van der Waals surface area contributed by atoms with Crippen LogP contribution < -0.4 is 10.1 Å². The number of amides is 1. The summed E-state index contributed by atoms with van der Waals surface area (Å²) in [6.07, 6.45) is 1.51. The van der Waals surface area contributed by atoms with Gasteiger partial charge in [0.25, 0.3) is 5.91 Å². The summed E-state index contributed by atoms with van der Waals surface area (Å²) >= 11 is 0. The Hall–Kier alpha value is -4.33. The molecule has 1 heterocycles. The summed E-state index contributed by atoms with van der Waals surface area (Å²) in [6.45, 7) is 1.68. The molecule has 4 aromatic rings. The molecule has 0 aliphatic carbocycles. The molecule has 0 aliphatic heterocycles. The molecule has 172 valence electrons. The lowest BCUT2D eigenvalue weighted by Gasteiger charge is -2.07. The molecule has 0 aliphatic rings. The lowest BCUT2D eigenvalue weighted by atomic mass is 10.1. The van der Waals surface area contributed by atoms with Crippen molar-refractivity contribution in [1.82, 2.24) is 9.78 Å². The van der Waals surface area contributed by atoms with E-state index in [2.05, 4.69) is 10.4 Å². The largest absolute Gasteiger partial charge is 0.471 e. The van der Waals surface area contributed by atoms with Gasteiger partial charge in [-0.05, 0) is 66.6 Å². The van der Waals surface area contributed by atoms with Crippen LogP contribution in [-0.2, 0) is 13.2 Å². The van der Waals surface area contributed by atoms with Gasteiger partial charge in [-0.2, -0.15) is 0 Å². The highest BCUT2D eigenvalue weighted by Crippen LogP contribution is 2.21. The van der Waals surface area contributed by atoms with Crippen molar-refractivity contribution in [2.75, 3.05) is 5.32 Å². The number of nitrogens with one attached hydrogen (secondary N) is 1. The van der Waals surface area contributed by atoms with Crippen LogP contribution in [-0.4, -0.2) is 21.5 Å². The number of carbonyl (C=O) groups excluding carboxylic acids is 2. The van der Waals surface area contributed by atoms with Crippen LogP contribution in [0.5, 0.6) is 5.88 Å². The van der Waals surface area contributed by atoms with E-state index in [1.165, 1.54) is 42.1 Å². The van der Waals surface area contributed by atoms with E-state index in [9.17, 15) is 18.4 Å². The highest BCUT2D eigenvalue weighted by atomic mass is 19.1. The van der Waals surface area contributed by atoms with Crippen molar-refractivity contribution in [1.29, 1.82) is 0 Å². The number of ketones is 1. The summed E-state index contributed by atoms with van der Waals surface area (Å²) in [4.78, 5) is 24.5. The van der Waals surface area contributed by atoms with Crippen LogP contribution in [0.2, 0.25) is 0 Å². The van der Waals surface area contributed by atoms with Crippen LogP contribution in [0.25, 0.3) is 0 Å². The SMILES string of the molecule is CC(=O)c1ccc(NC(=O)c2cn(Cc3cccc(F)c3)nc2OCc2cccc(F)c2)cc1. The van der Waals surface area contributed by atoms with Crippen molar-refractivity contribution in [2.24, 2.45) is 0 Å². The summed E-state index contributed by atoms with van der Waals surface area (Å²) in [5, 5.41) is 7.10. The third kappa shape index (κ3) is 5.72. The third-order valence-electron chi connectivity index (χ3n) is 5.02. The molecule has 0 saturated carbocycles. The Bertz CT molecular complexity index is 1330. The summed E-state index contributed by atoms with van der Waals surface area (Å²) < 4.78 is 34.3. The predicted octanol–water partition coefficient (Wildman–Crippen LogP) is 5.24. The fourth-order valence-electron chi connectivity index (χ4n) is 3.33. The lowest BCUT2D eigenvalue weighted by molar-refractivity contribution is 0.101. The molecular weight excluding hydrogens is 440 g/mol. The van der Waals surface area contributed by atoms with Gasteiger partial charge >= 0.3 is 0 Å². The van der Waals surface area contributed by atoms with Crippen molar-refractivity contribution >= 4 is 17.4 Å². The van der Waals surface area contributed by atoms with E-state index in [-0.39, 0.29) is 36.2 Å². The Labute approximate surface area is 194 Å². The third-order valence-corrected chi connectivity index (χ3v) is 5.02. The van der Waals surface area contributed by atoms with Crippen LogP contribution in [0.3, 0.4) is 0 Å². The molecule has 0 bridgehead atoms. The molecule has 0 saturated heterocycles. The molecule has 3 aromatic carbocycles. The number of benzene rings is 3. The molecule has 4 rings (SSSR count). The molecule has 0 spiro atoms. The van der Waals surface area contributed by atoms with Crippen LogP contribution >= 0.6 is 0 Å². The molecule has 0 atom stereocenters. The average Bonchev–Trinajstić information content (AvgIpc) is 3.21. The summed E-state index contributed by atoms with van der Waals surface area (Å²) in [7, 11) is 0. The minimum atomic E-state index is -0.477. The van der Waals surface area contributed by atoms with Gasteiger partial charge in [0, 0.05) is 17.4 Å². The maximum absolute atomic E-state index is 13.6. The zero-order chi connectivity index (χ0) is 24.1. The Morgan fingerprint density at radius 2 is 1.59 bits per heavy atom. The Morgan fingerprint density at radius 3 is 2.24 bits per heavy atom. The minimum Gasteiger partial charge on any atom is -0.471 e. The Kier molecular flexibility index (Phi) is 6.77. The average molecular weight is 461 g/mol. The van der Waals surface area contributed by atoms with Crippen LogP contribution in [0, 0.1) is 11.6 Å². The number of ether oxygens (including phenoxy) is 1. The Balaban J connectivity index is 1.57. The zero-order valence-corrected chi connectivity index (χ0v) is 18.3. The van der Waals surface area contributed by atoms with E-state index >= 15 is 0 Å². The van der Waals surface area contributed by atoms with Gasteiger partial charge in [-0.15, -0.1) is 5.10 Å². The molecule has 34 heavy (non-hydrogen) atoms. The summed E-state index contributed by atoms with van der Waals surface area (Å²) in [6, 6.07) is 18.5.